The molecule has 1 spiro atoms. The molecule has 1 unspecified atom stereocenters. The van der Waals surface area contributed by atoms with E-state index in [4.69, 9.17) is 11.6 Å². The average Bonchev–Trinajstić information content (AvgIpc) is 3.56. The molecule has 12 heteroatoms. The number of hydrogen-bond donors (Lipinski definition) is 2. The van der Waals surface area contributed by atoms with Crippen LogP contribution in [-0.4, -0.2) is 56.4 Å². The van der Waals surface area contributed by atoms with Crippen molar-refractivity contribution in [3.05, 3.63) is 34.3 Å². The van der Waals surface area contributed by atoms with Gasteiger partial charge in [0, 0.05) is 44.2 Å². The third-order valence-corrected chi connectivity index (χ3v) is 10.1. The highest BCUT2D eigenvalue weighted by atomic mass is 35.5. The van der Waals surface area contributed by atoms with Gasteiger partial charge >= 0.3 is 6.03 Å². The number of anilines is 2. The van der Waals surface area contributed by atoms with Gasteiger partial charge in [0.2, 0.25) is 15.9 Å². The summed E-state index contributed by atoms with van der Waals surface area (Å²) in [7, 11) is -3.71. The molecule has 5 rings (SSSR count). The smallest absolute Gasteiger partial charge is 0.328 e. The Balaban J connectivity index is 1.43. The number of carbonyl (C=O) groups is 2. The number of thiazole rings is 1. The number of amides is 3. The fourth-order valence-electron chi connectivity index (χ4n) is 5.66. The number of fused-ring (bicyclic) bond motifs is 2. The molecule has 0 bridgehead atoms. The molecule has 1 saturated carbocycles. The first-order valence-corrected chi connectivity index (χ1v) is 14.9. The van der Waals surface area contributed by atoms with Crippen molar-refractivity contribution in [2.24, 2.45) is 5.92 Å². The Kier molecular flexibility index (Phi) is 7.01. The van der Waals surface area contributed by atoms with Crippen molar-refractivity contribution in [2.75, 3.05) is 36.4 Å². The Hall–Kier alpha value is -2.21. The zero-order chi connectivity index (χ0) is 25.5. The number of nitrogens with one attached hydrogen (secondary N) is 2. The fraction of sp³-hybridized carbons (Fsp3) is 0.542. The molecule has 2 fully saturated rings. The largest absolute Gasteiger partial charge is 0.342 e. The van der Waals surface area contributed by atoms with Crippen molar-refractivity contribution >= 4 is 55.7 Å². The quantitative estimate of drug-likeness (QED) is 0.578. The second-order valence-corrected chi connectivity index (χ2v) is 13.4. The van der Waals surface area contributed by atoms with Crippen molar-refractivity contribution in [3.63, 3.8) is 0 Å². The van der Waals surface area contributed by atoms with Crippen molar-refractivity contribution in [1.29, 1.82) is 0 Å². The van der Waals surface area contributed by atoms with Gasteiger partial charge in [-0.15, -0.1) is 0 Å². The van der Waals surface area contributed by atoms with Crippen LogP contribution in [0, 0.1) is 5.92 Å². The van der Waals surface area contributed by atoms with Crippen LogP contribution in [-0.2, 0) is 20.2 Å². The van der Waals surface area contributed by atoms with Crippen molar-refractivity contribution in [3.8, 4) is 0 Å². The summed E-state index contributed by atoms with van der Waals surface area (Å²) in [6.07, 6.45) is 7.71. The molecular weight excluding hydrogens is 522 g/mol. The normalized spacial score (nSPS) is 22.3. The third-order valence-electron chi connectivity index (χ3n) is 7.62. The molecule has 1 aromatic heterocycles. The van der Waals surface area contributed by atoms with Crippen LogP contribution in [0.1, 0.15) is 51.0 Å². The Morgan fingerprint density at radius 1 is 1.22 bits per heavy atom. The van der Waals surface area contributed by atoms with Crippen LogP contribution in [0.5, 0.6) is 0 Å². The van der Waals surface area contributed by atoms with E-state index in [9.17, 15) is 18.0 Å². The Bertz CT molecular complexity index is 1280. The minimum absolute atomic E-state index is 0.0355. The van der Waals surface area contributed by atoms with Gasteiger partial charge in [-0.25, -0.2) is 22.9 Å². The van der Waals surface area contributed by atoms with Crippen LogP contribution in [0.2, 0.25) is 4.34 Å². The lowest BCUT2D eigenvalue weighted by Crippen LogP contribution is -2.41. The van der Waals surface area contributed by atoms with Crippen molar-refractivity contribution in [2.45, 2.75) is 55.8 Å². The van der Waals surface area contributed by atoms with Gasteiger partial charge in [-0.1, -0.05) is 42.2 Å². The van der Waals surface area contributed by atoms with E-state index in [2.05, 4.69) is 15.0 Å². The molecule has 194 valence electrons. The number of sulfonamides is 1. The highest BCUT2D eigenvalue weighted by Crippen LogP contribution is 2.47. The molecule has 1 aromatic carbocycles. The summed E-state index contributed by atoms with van der Waals surface area (Å²) in [5.41, 5.74) is 0.888. The molecule has 36 heavy (non-hydrogen) atoms. The van der Waals surface area contributed by atoms with Crippen LogP contribution >= 0.6 is 22.9 Å². The predicted octanol–water partition coefficient (Wildman–Crippen LogP) is 4.20. The molecule has 2 aromatic rings. The summed E-state index contributed by atoms with van der Waals surface area (Å²) in [6.45, 7) is 3.30. The van der Waals surface area contributed by atoms with Gasteiger partial charge in [-0.2, -0.15) is 0 Å². The number of urea groups is 1. The van der Waals surface area contributed by atoms with E-state index in [0.717, 1.165) is 42.6 Å². The average molecular weight is 552 g/mol. The Morgan fingerprint density at radius 3 is 2.67 bits per heavy atom. The van der Waals surface area contributed by atoms with Crippen LogP contribution in [0.3, 0.4) is 0 Å². The second-order valence-electron chi connectivity index (χ2n) is 9.99. The van der Waals surface area contributed by atoms with Crippen LogP contribution in [0.15, 0.2) is 29.3 Å². The molecule has 1 aliphatic carbocycles. The summed E-state index contributed by atoms with van der Waals surface area (Å²) < 4.78 is 29.7. The molecule has 3 amide bonds. The number of aromatic nitrogens is 1. The van der Waals surface area contributed by atoms with E-state index >= 15 is 0 Å². The highest BCUT2D eigenvalue weighted by molar-refractivity contribution is 7.89. The van der Waals surface area contributed by atoms with Gasteiger partial charge in [0.25, 0.3) is 0 Å². The van der Waals surface area contributed by atoms with E-state index in [1.54, 1.807) is 28.0 Å². The first-order chi connectivity index (χ1) is 17.2. The van der Waals surface area contributed by atoms with Crippen LogP contribution in [0.4, 0.5) is 15.6 Å². The zero-order valence-corrected chi connectivity index (χ0v) is 22.5. The summed E-state index contributed by atoms with van der Waals surface area (Å²) in [5.74, 6) is 0.332. The van der Waals surface area contributed by atoms with E-state index in [1.165, 1.54) is 19.5 Å². The zero-order valence-electron chi connectivity index (χ0n) is 20.1. The summed E-state index contributed by atoms with van der Waals surface area (Å²) in [4.78, 5) is 33.0. The molecule has 1 saturated heterocycles. The molecule has 2 aliphatic heterocycles. The van der Waals surface area contributed by atoms with Crippen molar-refractivity contribution < 1.29 is 18.0 Å². The molecule has 9 nitrogen and oxygen atoms in total. The van der Waals surface area contributed by atoms with E-state index < -0.39 is 15.4 Å². The van der Waals surface area contributed by atoms with E-state index in [-0.39, 0.29) is 16.8 Å². The fourth-order valence-corrected chi connectivity index (χ4v) is 7.60. The van der Waals surface area contributed by atoms with Crippen LogP contribution in [0.25, 0.3) is 0 Å². The first kappa shape index (κ1) is 25.4. The number of likely N-dealkylation sites (tertiary alicyclic amines) is 1. The lowest BCUT2D eigenvalue weighted by Gasteiger charge is -2.25. The number of nitrogens with zero attached hydrogens (tertiary/aromatic N) is 3. The maximum Gasteiger partial charge on any atom is 0.328 e. The SMILES string of the molecule is CC(=O)N1CCC2(C1)CN(C(=O)Nc1ncc(Cl)s1)c1ccc(S(=O)(=O)NCC3CCCCC3)cc12. The van der Waals surface area contributed by atoms with Crippen molar-refractivity contribution in [1.82, 2.24) is 14.6 Å². The molecule has 0 radical (unpaired) electrons. The Morgan fingerprint density at radius 2 is 2.00 bits per heavy atom. The van der Waals surface area contributed by atoms with Gasteiger partial charge in [0.05, 0.1) is 11.1 Å². The van der Waals surface area contributed by atoms with Gasteiger partial charge < -0.3 is 4.90 Å². The number of rotatable bonds is 5. The standard InChI is InChI=1S/C24H30ClN5O4S2/c1-16(31)29-10-9-24(14-29)15-30(23(32)28-22-26-13-21(25)35-22)20-8-7-18(11-19(20)24)36(33,34)27-12-17-5-3-2-4-6-17/h7-8,11,13,17,27H,2-6,9-10,12,14-15H2,1H3,(H,26,28,32). The predicted molar refractivity (Wildman–Crippen MR) is 140 cm³/mol. The summed E-state index contributed by atoms with van der Waals surface area (Å²) >= 11 is 7.12. The van der Waals surface area contributed by atoms with Gasteiger partial charge in [0.15, 0.2) is 5.13 Å². The Labute approximate surface area is 220 Å². The first-order valence-electron chi connectivity index (χ1n) is 12.3. The topological polar surface area (TPSA) is 112 Å². The monoisotopic (exact) mass is 551 g/mol. The van der Waals surface area contributed by atoms with E-state index in [0.29, 0.717) is 53.7 Å². The maximum atomic E-state index is 13.2. The number of halogens is 1. The number of benzene rings is 1. The van der Waals surface area contributed by atoms with E-state index in [1.807, 2.05) is 0 Å². The third kappa shape index (κ3) is 4.98. The summed E-state index contributed by atoms with van der Waals surface area (Å²) in [5, 5.41) is 3.17. The lowest BCUT2D eigenvalue weighted by atomic mass is 9.81. The summed E-state index contributed by atoms with van der Waals surface area (Å²) in [6, 6.07) is 4.57. The molecule has 3 aliphatic rings. The number of hydrogen-bond acceptors (Lipinski definition) is 6. The molecule has 1 atom stereocenters. The molecule has 3 heterocycles. The number of carbonyl (C=O) groups excluding carboxylic acids is 2. The second kappa shape index (κ2) is 9.92. The minimum atomic E-state index is -3.71. The highest BCUT2D eigenvalue weighted by Gasteiger charge is 2.50. The van der Waals surface area contributed by atoms with Crippen LogP contribution < -0.4 is 14.9 Å². The van der Waals surface area contributed by atoms with Gasteiger partial charge in [-0.05, 0) is 48.9 Å². The molecule has 2 N–H and O–H groups in total. The minimum Gasteiger partial charge on any atom is -0.342 e. The lowest BCUT2D eigenvalue weighted by molar-refractivity contribution is -0.127. The maximum absolute atomic E-state index is 13.2. The molecular formula is C24H30ClN5O4S2. The van der Waals surface area contributed by atoms with Gasteiger partial charge in [0.1, 0.15) is 4.34 Å². The van der Waals surface area contributed by atoms with Gasteiger partial charge in [-0.3, -0.25) is 15.0 Å².